The van der Waals surface area contributed by atoms with Gasteiger partial charge >= 0.3 is 0 Å². The predicted molar refractivity (Wildman–Crippen MR) is 104 cm³/mol. The minimum atomic E-state index is -0.707. The van der Waals surface area contributed by atoms with E-state index in [0.717, 1.165) is 5.56 Å². The summed E-state index contributed by atoms with van der Waals surface area (Å²) < 4.78 is 14.3. The number of carbonyl (C=O) groups excluding carboxylic acids is 4. The highest BCUT2D eigenvalue weighted by atomic mass is 19.1. The molecule has 1 fully saturated rings. The number of benzene rings is 2. The van der Waals surface area contributed by atoms with E-state index in [9.17, 15) is 23.6 Å². The van der Waals surface area contributed by atoms with Crippen LogP contribution in [0.4, 0.5) is 10.1 Å². The molecule has 1 saturated heterocycles. The fraction of sp³-hybridized carbons (Fsp3) is 0.273. The van der Waals surface area contributed by atoms with Crippen LogP contribution in [0.5, 0.6) is 0 Å². The molecule has 0 bridgehead atoms. The molecule has 0 aromatic heterocycles. The lowest BCUT2D eigenvalue weighted by atomic mass is 10.0. The Morgan fingerprint density at radius 2 is 1.90 bits per heavy atom. The van der Waals surface area contributed by atoms with Crippen LogP contribution in [0.1, 0.15) is 44.7 Å². The SMILES string of the molecule is O=C1CCC(N2Cc3cc(C(=O)N4CCc5cccc(F)c54)ccc3C2=O)C(=O)N1. The van der Waals surface area contributed by atoms with Gasteiger partial charge in [0.1, 0.15) is 11.9 Å². The molecule has 4 amide bonds. The molecule has 1 unspecified atom stereocenters. The molecule has 3 aliphatic rings. The molecule has 1 N–H and O–H groups in total. The minimum absolute atomic E-state index is 0.181. The van der Waals surface area contributed by atoms with Gasteiger partial charge in [-0.25, -0.2) is 4.39 Å². The normalized spacial score (nSPS) is 20.3. The number of halogens is 1. The Morgan fingerprint density at radius 1 is 1.07 bits per heavy atom. The van der Waals surface area contributed by atoms with Gasteiger partial charge in [-0.15, -0.1) is 0 Å². The molecular weight excluding hydrogens is 389 g/mol. The van der Waals surface area contributed by atoms with Crippen LogP contribution >= 0.6 is 0 Å². The molecule has 3 aliphatic heterocycles. The Labute approximate surface area is 171 Å². The molecule has 0 aliphatic carbocycles. The molecule has 5 rings (SSSR count). The van der Waals surface area contributed by atoms with Crippen molar-refractivity contribution in [2.24, 2.45) is 0 Å². The second-order valence-corrected chi connectivity index (χ2v) is 7.73. The number of carbonyl (C=O) groups is 4. The van der Waals surface area contributed by atoms with E-state index in [0.29, 0.717) is 35.3 Å². The van der Waals surface area contributed by atoms with Crippen molar-refractivity contribution in [1.82, 2.24) is 10.2 Å². The van der Waals surface area contributed by atoms with Crippen molar-refractivity contribution in [3.8, 4) is 0 Å². The first-order valence-electron chi connectivity index (χ1n) is 9.81. The number of anilines is 1. The molecule has 7 nitrogen and oxygen atoms in total. The van der Waals surface area contributed by atoms with Gasteiger partial charge in [0.2, 0.25) is 11.8 Å². The maximum Gasteiger partial charge on any atom is 0.258 e. The molecule has 0 spiro atoms. The Bertz CT molecular complexity index is 1130. The average molecular weight is 407 g/mol. The van der Waals surface area contributed by atoms with Crippen LogP contribution in [0.15, 0.2) is 36.4 Å². The van der Waals surface area contributed by atoms with Gasteiger partial charge < -0.3 is 9.80 Å². The Kier molecular flexibility index (Phi) is 4.16. The molecule has 0 radical (unpaired) electrons. The predicted octanol–water partition coefficient (Wildman–Crippen LogP) is 1.79. The van der Waals surface area contributed by atoms with E-state index in [2.05, 4.69) is 5.32 Å². The van der Waals surface area contributed by atoms with Crippen LogP contribution in [0, 0.1) is 5.82 Å². The van der Waals surface area contributed by atoms with Gasteiger partial charge in [-0.1, -0.05) is 12.1 Å². The number of imide groups is 1. The summed E-state index contributed by atoms with van der Waals surface area (Å²) in [5.41, 5.74) is 2.54. The van der Waals surface area contributed by atoms with Gasteiger partial charge in [-0.3, -0.25) is 24.5 Å². The van der Waals surface area contributed by atoms with E-state index in [1.54, 1.807) is 24.3 Å². The fourth-order valence-corrected chi connectivity index (χ4v) is 4.47. The van der Waals surface area contributed by atoms with Crippen LogP contribution < -0.4 is 10.2 Å². The average Bonchev–Trinajstić information content (AvgIpc) is 3.30. The minimum Gasteiger partial charge on any atom is -0.322 e. The summed E-state index contributed by atoms with van der Waals surface area (Å²) in [7, 11) is 0. The number of fused-ring (bicyclic) bond motifs is 2. The number of hydrogen-bond acceptors (Lipinski definition) is 4. The van der Waals surface area contributed by atoms with Crippen molar-refractivity contribution < 1.29 is 23.6 Å². The third kappa shape index (κ3) is 2.79. The standard InChI is InChI=1S/C22H18FN3O4/c23-16-3-1-2-12-8-9-25(19(12)16)21(29)13-4-5-15-14(10-13)11-26(22(15)30)17-6-7-18(27)24-20(17)28/h1-5,10,17H,6-9,11H2,(H,24,27,28). The summed E-state index contributed by atoms with van der Waals surface area (Å²) >= 11 is 0. The van der Waals surface area contributed by atoms with E-state index in [1.165, 1.54) is 15.9 Å². The monoisotopic (exact) mass is 407 g/mol. The van der Waals surface area contributed by atoms with Crippen molar-refractivity contribution in [3.05, 3.63) is 64.5 Å². The van der Waals surface area contributed by atoms with E-state index in [-0.39, 0.29) is 37.1 Å². The van der Waals surface area contributed by atoms with E-state index < -0.39 is 17.8 Å². The highest BCUT2D eigenvalue weighted by molar-refractivity contribution is 6.09. The molecule has 2 aromatic rings. The first-order valence-corrected chi connectivity index (χ1v) is 9.81. The zero-order valence-electron chi connectivity index (χ0n) is 16.0. The molecule has 2 aromatic carbocycles. The molecular formula is C22H18FN3O4. The summed E-state index contributed by atoms with van der Waals surface area (Å²) in [6.07, 6.45) is 1.05. The number of nitrogens with zero attached hydrogens (tertiary/aromatic N) is 2. The second-order valence-electron chi connectivity index (χ2n) is 7.73. The number of hydrogen-bond donors (Lipinski definition) is 1. The first kappa shape index (κ1) is 18.5. The number of piperidine rings is 1. The quantitative estimate of drug-likeness (QED) is 0.769. The van der Waals surface area contributed by atoms with Crippen molar-refractivity contribution in [3.63, 3.8) is 0 Å². The van der Waals surface area contributed by atoms with Gasteiger partial charge in [0.05, 0.1) is 5.69 Å². The highest BCUT2D eigenvalue weighted by Gasteiger charge is 2.39. The lowest BCUT2D eigenvalue weighted by Gasteiger charge is -2.29. The van der Waals surface area contributed by atoms with Crippen molar-refractivity contribution in [1.29, 1.82) is 0 Å². The first-order chi connectivity index (χ1) is 14.4. The zero-order valence-corrected chi connectivity index (χ0v) is 16.0. The maximum atomic E-state index is 14.3. The van der Waals surface area contributed by atoms with Gasteiger partial charge in [0.25, 0.3) is 11.8 Å². The third-order valence-electron chi connectivity index (χ3n) is 5.96. The highest BCUT2D eigenvalue weighted by Crippen LogP contribution is 2.33. The zero-order chi connectivity index (χ0) is 21.0. The van der Waals surface area contributed by atoms with Crippen molar-refractivity contribution in [2.75, 3.05) is 11.4 Å². The summed E-state index contributed by atoms with van der Waals surface area (Å²) in [4.78, 5) is 52.3. The Morgan fingerprint density at radius 3 is 2.70 bits per heavy atom. The molecule has 3 heterocycles. The third-order valence-corrected chi connectivity index (χ3v) is 5.96. The number of rotatable bonds is 2. The summed E-state index contributed by atoms with van der Waals surface area (Å²) in [5, 5.41) is 2.27. The van der Waals surface area contributed by atoms with E-state index in [1.807, 2.05) is 6.07 Å². The topological polar surface area (TPSA) is 86.8 Å². The molecule has 1 atom stereocenters. The summed E-state index contributed by atoms with van der Waals surface area (Å²) in [5.74, 6) is -1.87. The molecule has 8 heteroatoms. The Hall–Kier alpha value is -3.55. The van der Waals surface area contributed by atoms with Crippen LogP contribution in [-0.2, 0) is 22.6 Å². The Balaban J connectivity index is 1.41. The van der Waals surface area contributed by atoms with E-state index in [4.69, 9.17) is 0 Å². The van der Waals surface area contributed by atoms with E-state index >= 15 is 0 Å². The number of para-hydroxylation sites is 1. The fourth-order valence-electron chi connectivity index (χ4n) is 4.47. The van der Waals surface area contributed by atoms with Crippen LogP contribution in [0.2, 0.25) is 0 Å². The lowest BCUT2D eigenvalue weighted by molar-refractivity contribution is -0.136. The summed E-state index contributed by atoms with van der Waals surface area (Å²) in [6, 6.07) is 8.85. The summed E-state index contributed by atoms with van der Waals surface area (Å²) in [6.45, 7) is 0.583. The second kappa shape index (κ2) is 6.76. The van der Waals surface area contributed by atoms with Gasteiger partial charge in [0, 0.05) is 30.6 Å². The number of amides is 4. The molecule has 0 saturated carbocycles. The van der Waals surface area contributed by atoms with Crippen molar-refractivity contribution >= 4 is 29.3 Å². The van der Waals surface area contributed by atoms with Crippen LogP contribution in [-0.4, -0.2) is 41.1 Å². The molecule has 30 heavy (non-hydrogen) atoms. The largest absolute Gasteiger partial charge is 0.322 e. The molecule has 152 valence electrons. The number of nitrogens with one attached hydrogen (secondary N) is 1. The van der Waals surface area contributed by atoms with Gasteiger partial charge in [-0.05, 0) is 48.2 Å². The van der Waals surface area contributed by atoms with Gasteiger partial charge in [-0.2, -0.15) is 0 Å². The van der Waals surface area contributed by atoms with Crippen LogP contribution in [0.25, 0.3) is 0 Å². The maximum absolute atomic E-state index is 14.3. The lowest BCUT2D eigenvalue weighted by Crippen LogP contribution is -2.52. The van der Waals surface area contributed by atoms with Gasteiger partial charge in [0.15, 0.2) is 0 Å². The smallest absolute Gasteiger partial charge is 0.258 e. The van der Waals surface area contributed by atoms with Crippen LogP contribution in [0.3, 0.4) is 0 Å². The van der Waals surface area contributed by atoms with Crippen molar-refractivity contribution in [2.45, 2.75) is 31.8 Å².